The number of hydrogen-bond donors (Lipinski definition) is 2. The summed E-state index contributed by atoms with van der Waals surface area (Å²) in [7, 11) is 0. The van der Waals surface area contributed by atoms with Crippen LogP contribution in [-0.4, -0.2) is 24.3 Å². The molecule has 0 aliphatic carbocycles. The molecule has 0 unspecified atom stereocenters. The summed E-state index contributed by atoms with van der Waals surface area (Å²) >= 11 is 0. The molecule has 6 heteroatoms. The number of alkyl carbamates (subject to hydrolysis) is 1. The van der Waals surface area contributed by atoms with E-state index in [4.69, 9.17) is 4.74 Å². The standard InChI is InChI=1S/C18H28F2N2O2/c1-6-12(2)15(22-17(23)24-18(3,4)5)11-21-10-13-8-7-9-14(19)16(13)20/h7-9,12,15,21H,6,10-11H2,1-5H3,(H,22,23)/t12-,15+/m0/s1. The Morgan fingerprint density at radius 3 is 2.54 bits per heavy atom. The Labute approximate surface area is 143 Å². The van der Waals surface area contributed by atoms with Gasteiger partial charge in [-0.2, -0.15) is 0 Å². The van der Waals surface area contributed by atoms with Gasteiger partial charge in [0.15, 0.2) is 11.6 Å². The summed E-state index contributed by atoms with van der Waals surface area (Å²) in [6, 6.07) is 3.93. The van der Waals surface area contributed by atoms with Crippen LogP contribution in [0.2, 0.25) is 0 Å². The van der Waals surface area contributed by atoms with E-state index in [0.29, 0.717) is 6.54 Å². The topological polar surface area (TPSA) is 50.4 Å². The minimum Gasteiger partial charge on any atom is -0.444 e. The van der Waals surface area contributed by atoms with Crippen molar-refractivity contribution in [3.05, 3.63) is 35.4 Å². The second-order valence-electron chi connectivity index (χ2n) is 6.98. The van der Waals surface area contributed by atoms with E-state index in [0.717, 1.165) is 12.5 Å². The van der Waals surface area contributed by atoms with Crippen molar-refractivity contribution in [3.8, 4) is 0 Å². The molecule has 2 N–H and O–H groups in total. The lowest BCUT2D eigenvalue weighted by atomic mass is 9.99. The summed E-state index contributed by atoms with van der Waals surface area (Å²) in [5.41, 5.74) is -0.308. The van der Waals surface area contributed by atoms with Crippen LogP contribution >= 0.6 is 0 Å². The van der Waals surface area contributed by atoms with Gasteiger partial charge in [-0.05, 0) is 32.8 Å². The van der Waals surface area contributed by atoms with E-state index in [-0.39, 0.29) is 24.1 Å². The van der Waals surface area contributed by atoms with Crippen molar-refractivity contribution < 1.29 is 18.3 Å². The number of rotatable bonds is 7. The fourth-order valence-electron chi connectivity index (χ4n) is 2.19. The lowest BCUT2D eigenvalue weighted by Gasteiger charge is -2.27. The average molecular weight is 342 g/mol. The Balaban J connectivity index is 2.60. The van der Waals surface area contributed by atoms with Crippen LogP contribution < -0.4 is 10.6 Å². The number of halogens is 2. The van der Waals surface area contributed by atoms with Gasteiger partial charge in [-0.1, -0.05) is 32.4 Å². The van der Waals surface area contributed by atoms with E-state index in [1.54, 1.807) is 20.8 Å². The lowest BCUT2D eigenvalue weighted by molar-refractivity contribution is 0.0487. The van der Waals surface area contributed by atoms with Crippen LogP contribution in [0.4, 0.5) is 13.6 Å². The van der Waals surface area contributed by atoms with Gasteiger partial charge >= 0.3 is 6.09 Å². The Bertz CT molecular complexity index is 544. The number of benzene rings is 1. The highest BCUT2D eigenvalue weighted by Crippen LogP contribution is 2.13. The number of carbonyl (C=O) groups is 1. The van der Waals surface area contributed by atoms with Gasteiger partial charge < -0.3 is 15.4 Å². The van der Waals surface area contributed by atoms with Crippen LogP contribution in [-0.2, 0) is 11.3 Å². The zero-order chi connectivity index (χ0) is 18.3. The molecule has 0 saturated heterocycles. The molecule has 0 spiro atoms. The van der Waals surface area contributed by atoms with Crippen molar-refractivity contribution >= 4 is 6.09 Å². The molecule has 0 radical (unpaired) electrons. The molecule has 0 aliphatic rings. The Hall–Kier alpha value is -1.69. The Morgan fingerprint density at radius 2 is 1.96 bits per heavy atom. The molecule has 24 heavy (non-hydrogen) atoms. The van der Waals surface area contributed by atoms with Gasteiger partial charge in [0, 0.05) is 24.7 Å². The number of nitrogens with one attached hydrogen (secondary N) is 2. The van der Waals surface area contributed by atoms with Gasteiger partial charge in [0.25, 0.3) is 0 Å². The number of ether oxygens (including phenoxy) is 1. The van der Waals surface area contributed by atoms with E-state index in [9.17, 15) is 13.6 Å². The average Bonchev–Trinajstić information content (AvgIpc) is 2.47. The molecule has 136 valence electrons. The molecule has 1 aromatic carbocycles. The highest BCUT2D eigenvalue weighted by molar-refractivity contribution is 5.68. The smallest absolute Gasteiger partial charge is 0.407 e. The first-order valence-electron chi connectivity index (χ1n) is 8.27. The van der Waals surface area contributed by atoms with Crippen molar-refractivity contribution in [1.82, 2.24) is 10.6 Å². The molecule has 0 heterocycles. The molecule has 4 nitrogen and oxygen atoms in total. The van der Waals surface area contributed by atoms with E-state index < -0.39 is 23.3 Å². The largest absolute Gasteiger partial charge is 0.444 e. The highest BCUT2D eigenvalue weighted by atomic mass is 19.2. The van der Waals surface area contributed by atoms with Gasteiger partial charge in [-0.25, -0.2) is 13.6 Å². The molecule has 2 atom stereocenters. The van der Waals surface area contributed by atoms with Crippen LogP contribution in [0.3, 0.4) is 0 Å². The predicted molar refractivity (Wildman–Crippen MR) is 90.7 cm³/mol. The fraction of sp³-hybridized carbons (Fsp3) is 0.611. The maximum atomic E-state index is 13.6. The van der Waals surface area contributed by atoms with Crippen LogP contribution in [0.15, 0.2) is 18.2 Å². The normalized spacial score (nSPS) is 14.1. The molecule has 0 bridgehead atoms. The van der Waals surface area contributed by atoms with Crippen LogP contribution in [0, 0.1) is 17.6 Å². The summed E-state index contributed by atoms with van der Waals surface area (Å²) in [6.07, 6.45) is 0.391. The van der Waals surface area contributed by atoms with Crippen LogP contribution in [0.1, 0.15) is 46.6 Å². The highest BCUT2D eigenvalue weighted by Gasteiger charge is 2.22. The van der Waals surface area contributed by atoms with E-state index in [2.05, 4.69) is 10.6 Å². The van der Waals surface area contributed by atoms with Crippen LogP contribution in [0.5, 0.6) is 0 Å². The van der Waals surface area contributed by atoms with Crippen molar-refractivity contribution in [3.63, 3.8) is 0 Å². The van der Waals surface area contributed by atoms with E-state index >= 15 is 0 Å². The molecule has 1 rings (SSSR count). The van der Waals surface area contributed by atoms with Crippen molar-refractivity contribution in [1.29, 1.82) is 0 Å². The summed E-state index contributed by atoms with van der Waals surface area (Å²) in [5.74, 6) is -1.49. The maximum absolute atomic E-state index is 13.6. The lowest BCUT2D eigenvalue weighted by Crippen LogP contribution is -2.47. The van der Waals surface area contributed by atoms with Crippen LogP contribution in [0.25, 0.3) is 0 Å². The predicted octanol–water partition coefficient (Wildman–Crippen LogP) is 3.99. The SMILES string of the molecule is CC[C@H](C)[C@@H](CNCc1cccc(F)c1F)NC(=O)OC(C)(C)C. The third kappa shape index (κ3) is 6.83. The Kier molecular flexibility index (Phi) is 7.60. The molecule has 1 aromatic rings. The van der Waals surface area contributed by atoms with Gasteiger partial charge in [0.05, 0.1) is 0 Å². The summed E-state index contributed by atoms with van der Waals surface area (Å²) in [6.45, 7) is 10.1. The van der Waals surface area contributed by atoms with E-state index in [1.165, 1.54) is 12.1 Å². The van der Waals surface area contributed by atoms with Gasteiger partial charge in [0.2, 0.25) is 0 Å². The molecule has 0 aromatic heterocycles. The monoisotopic (exact) mass is 342 g/mol. The second-order valence-corrected chi connectivity index (χ2v) is 6.98. The summed E-state index contributed by atoms with van der Waals surface area (Å²) in [4.78, 5) is 12.0. The molecular weight excluding hydrogens is 314 g/mol. The van der Waals surface area contributed by atoms with Crippen molar-refractivity contribution in [2.24, 2.45) is 5.92 Å². The first-order chi connectivity index (χ1) is 11.1. The zero-order valence-corrected chi connectivity index (χ0v) is 15.1. The van der Waals surface area contributed by atoms with Gasteiger partial charge in [0.1, 0.15) is 5.60 Å². The van der Waals surface area contributed by atoms with Crippen molar-refractivity contribution in [2.45, 2.75) is 59.2 Å². The molecule has 1 amide bonds. The van der Waals surface area contributed by atoms with Gasteiger partial charge in [-0.3, -0.25) is 0 Å². The maximum Gasteiger partial charge on any atom is 0.407 e. The summed E-state index contributed by atoms with van der Waals surface area (Å²) in [5, 5.41) is 5.92. The zero-order valence-electron chi connectivity index (χ0n) is 15.1. The number of amides is 1. The molecule has 0 aliphatic heterocycles. The van der Waals surface area contributed by atoms with Gasteiger partial charge in [-0.15, -0.1) is 0 Å². The third-order valence-electron chi connectivity index (χ3n) is 3.74. The first-order valence-corrected chi connectivity index (χ1v) is 8.27. The molecular formula is C18H28F2N2O2. The van der Waals surface area contributed by atoms with Crippen molar-refractivity contribution in [2.75, 3.05) is 6.54 Å². The quantitative estimate of drug-likeness (QED) is 0.788. The first kappa shape index (κ1) is 20.4. The second kappa shape index (κ2) is 8.97. The Morgan fingerprint density at radius 1 is 1.29 bits per heavy atom. The minimum atomic E-state index is -0.861. The number of carbonyl (C=O) groups excluding carboxylic acids is 1. The fourth-order valence-corrected chi connectivity index (χ4v) is 2.19. The molecule has 0 saturated carbocycles. The third-order valence-corrected chi connectivity index (χ3v) is 3.74. The number of hydrogen-bond acceptors (Lipinski definition) is 3. The van der Waals surface area contributed by atoms with E-state index in [1.807, 2.05) is 13.8 Å². The summed E-state index contributed by atoms with van der Waals surface area (Å²) < 4.78 is 32.1. The molecule has 0 fully saturated rings. The minimum absolute atomic E-state index is 0.165.